The van der Waals surface area contributed by atoms with E-state index in [1.54, 1.807) is 0 Å². The van der Waals surface area contributed by atoms with Crippen LogP contribution in [-0.4, -0.2) is 12.7 Å². The van der Waals surface area contributed by atoms with Gasteiger partial charge in [-0.3, -0.25) is 0 Å². The highest BCUT2D eigenvalue weighted by Gasteiger charge is 2.16. The van der Waals surface area contributed by atoms with E-state index in [4.69, 9.17) is 4.74 Å². The van der Waals surface area contributed by atoms with E-state index in [0.29, 0.717) is 6.10 Å². The van der Waals surface area contributed by atoms with Crippen LogP contribution in [0.15, 0.2) is 0 Å². The molecule has 83 valence electrons. The Balaban J connectivity index is 1.67. The Labute approximate surface area is 89.2 Å². The van der Waals surface area contributed by atoms with Crippen molar-refractivity contribution in [2.75, 3.05) is 6.61 Å². The first-order chi connectivity index (χ1) is 6.93. The quantitative estimate of drug-likeness (QED) is 0.505. The molecular weight excluding hydrogens is 172 g/mol. The highest BCUT2D eigenvalue weighted by Crippen LogP contribution is 2.18. The van der Waals surface area contributed by atoms with Gasteiger partial charge in [-0.25, -0.2) is 0 Å². The number of hydrogen-bond acceptors (Lipinski definition) is 1. The first kappa shape index (κ1) is 12.0. The van der Waals surface area contributed by atoms with Crippen LogP contribution in [0.2, 0.25) is 0 Å². The summed E-state index contributed by atoms with van der Waals surface area (Å²) in [6.45, 7) is 3.27. The van der Waals surface area contributed by atoms with Gasteiger partial charge in [-0.05, 0) is 19.3 Å². The molecule has 1 atom stereocenters. The fourth-order valence-electron chi connectivity index (χ4n) is 1.86. The molecule has 0 amide bonds. The van der Waals surface area contributed by atoms with Crippen LogP contribution < -0.4 is 0 Å². The maximum atomic E-state index is 5.38. The van der Waals surface area contributed by atoms with E-state index >= 15 is 0 Å². The molecule has 0 saturated carbocycles. The first-order valence-electron chi connectivity index (χ1n) is 6.36. The van der Waals surface area contributed by atoms with Gasteiger partial charge in [-0.1, -0.05) is 51.9 Å². The number of ether oxygens (including phenoxy) is 1. The van der Waals surface area contributed by atoms with Crippen molar-refractivity contribution in [3.05, 3.63) is 6.42 Å². The molecule has 14 heavy (non-hydrogen) atoms. The molecule has 0 bridgehead atoms. The maximum Gasteiger partial charge on any atom is 0.0597 e. The summed E-state index contributed by atoms with van der Waals surface area (Å²) in [5.41, 5.74) is 0. The average molecular weight is 197 g/mol. The van der Waals surface area contributed by atoms with E-state index in [2.05, 4.69) is 13.3 Å². The molecule has 1 fully saturated rings. The van der Waals surface area contributed by atoms with Crippen molar-refractivity contribution >= 4 is 0 Å². The first-order valence-corrected chi connectivity index (χ1v) is 6.36. The van der Waals surface area contributed by atoms with Crippen LogP contribution >= 0.6 is 0 Å². The zero-order chi connectivity index (χ0) is 10.1. The summed E-state index contributed by atoms with van der Waals surface area (Å²) in [6, 6.07) is 0. The molecule has 0 N–H and O–H groups in total. The molecule has 0 aromatic rings. The van der Waals surface area contributed by atoms with Crippen LogP contribution in [0.25, 0.3) is 0 Å². The Kier molecular flexibility index (Phi) is 7.12. The van der Waals surface area contributed by atoms with Crippen LogP contribution in [0.3, 0.4) is 0 Å². The van der Waals surface area contributed by atoms with Gasteiger partial charge < -0.3 is 4.74 Å². The summed E-state index contributed by atoms with van der Waals surface area (Å²) >= 11 is 0. The second-order valence-electron chi connectivity index (χ2n) is 4.35. The molecule has 0 aliphatic carbocycles. The predicted octanol–water partition coefficient (Wildman–Crippen LogP) is 4.12. The van der Waals surface area contributed by atoms with Crippen molar-refractivity contribution in [2.45, 2.75) is 70.8 Å². The maximum absolute atomic E-state index is 5.38. The van der Waals surface area contributed by atoms with E-state index in [9.17, 15) is 0 Å². The minimum Gasteiger partial charge on any atom is -0.378 e. The summed E-state index contributed by atoms with van der Waals surface area (Å²) in [6.07, 6.45) is 15.2. The lowest BCUT2D eigenvalue weighted by Gasteiger charge is -2.26. The van der Waals surface area contributed by atoms with E-state index in [0.717, 1.165) is 6.61 Å². The lowest BCUT2D eigenvalue weighted by atomic mass is 10.0. The number of hydrogen-bond donors (Lipinski definition) is 0. The molecule has 1 radical (unpaired) electrons. The third-order valence-corrected chi connectivity index (χ3v) is 2.99. The molecule has 1 heteroatoms. The highest BCUT2D eigenvalue weighted by molar-refractivity contribution is 4.70. The van der Waals surface area contributed by atoms with Crippen LogP contribution in [0.5, 0.6) is 0 Å². The number of rotatable bonds is 9. The molecule has 1 aliphatic rings. The van der Waals surface area contributed by atoms with Gasteiger partial charge in [-0.2, -0.15) is 0 Å². The summed E-state index contributed by atoms with van der Waals surface area (Å²) in [5.74, 6) is 0. The van der Waals surface area contributed by atoms with E-state index in [1.165, 1.54) is 57.8 Å². The van der Waals surface area contributed by atoms with Crippen molar-refractivity contribution in [3.63, 3.8) is 0 Å². The minimum absolute atomic E-state index is 0.614. The summed E-state index contributed by atoms with van der Waals surface area (Å²) in [5, 5.41) is 0. The summed E-state index contributed by atoms with van der Waals surface area (Å²) < 4.78 is 5.38. The highest BCUT2D eigenvalue weighted by atomic mass is 16.5. The van der Waals surface area contributed by atoms with E-state index < -0.39 is 0 Å². The van der Waals surface area contributed by atoms with E-state index in [-0.39, 0.29) is 0 Å². The Morgan fingerprint density at radius 1 is 1.14 bits per heavy atom. The van der Waals surface area contributed by atoms with Crippen LogP contribution in [-0.2, 0) is 4.74 Å². The molecule has 1 rings (SSSR count). The zero-order valence-corrected chi connectivity index (χ0v) is 9.63. The second kappa shape index (κ2) is 8.28. The largest absolute Gasteiger partial charge is 0.378 e. The Hall–Kier alpha value is -0.0400. The molecular formula is C13H25O. The van der Waals surface area contributed by atoms with Gasteiger partial charge in [0.1, 0.15) is 0 Å². The van der Waals surface area contributed by atoms with Crippen LogP contribution in [0.4, 0.5) is 0 Å². The van der Waals surface area contributed by atoms with Crippen molar-refractivity contribution in [1.29, 1.82) is 0 Å². The molecule has 1 heterocycles. The van der Waals surface area contributed by atoms with Crippen molar-refractivity contribution in [1.82, 2.24) is 0 Å². The fourth-order valence-corrected chi connectivity index (χ4v) is 1.86. The SMILES string of the molecule is CCCCCC[CH]CCCC1CCO1. The molecule has 1 aliphatic heterocycles. The molecule has 1 saturated heterocycles. The lowest BCUT2D eigenvalue weighted by molar-refractivity contribution is -0.0553. The van der Waals surface area contributed by atoms with E-state index in [1.807, 2.05) is 0 Å². The Bertz CT molecular complexity index is 118. The third-order valence-electron chi connectivity index (χ3n) is 2.99. The van der Waals surface area contributed by atoms with Gasteiger partial charge in [-0.15, -0.1) is 0 Å². The van der Waals surface area contributed by atoms with Crippen molar-refractivity contribution in [3.8, 4) is 0 Å². The molecule has 1 unspecified atom stereocenters. The van der Waals surface area contributed by atoms with Crippen LogP contribution in [0, 0.1) is 6.42 Å². The van der Waals surface area contributed by atoms with Gasteiger partial charge in [0.15, 0.2) is 0 Å². The molecule has 0 aromatic carbocycles. The predicted molar refractivity (Wildman–Crippen MR) is 61.3 cm³/mol. The number of unbranched alkanes of at least 4 members (excludes halogenated alkanes) is 7. The van der Waals surface area contributed by atoms with Crippen molar-refractivity contribution < 1.29 is 4.74 Å². The lowest BCUT2D eigenvalue weighted by Crippen LogP contribution is -2.26. The van der Waals surface area contributed by atoms with Gasteiger partial charge in [0.25, 0.3) is 0 Å². The standard InChI is InChI=1S/C13H25O/c1-2-3-4-5-6-7-8-9-10-13-11-12-14-13/h7,13H,2-6,8-12H2,1H3. The Morgan fingerprint density at radius 3 is 2.57 bits per heavy atom. The Morgan fingerprint density at radius 2 is 1.93 bits per heavy atom. The van der Waals surface area contributed by atoms with Gasteiger partial charge in [0.2, 0.25) is 0 Å². The van der Waals surface area contributed by atoms with Crippen LogP contribution in [0.1, 0.15) is 64.7 Å². The monoisotopic (exact) mass is 197 g/mol. The average Bonchev–Trinajstić information content (AvgIpc) is 2.13. The molecule has 0 spiro atoms. The summed E-state index contributed by atoms with van der Waals surface area (Å²) in [4.78, 5) is 0. The van der Waals surface area contributed by atoms with Gasteiger partial charge >= 0.3 is 0 Å². The normalized spacial score (nSPS) is 20.8. The smallest absolute Gasteiger partial charge is 0.0597 e. The van der Waals surface area contributed by atoms with Gasteiger partial charge in [0, 0.05) is 6.61 Å². The zero-order valence-electron chi connectivity index (χ0n) is 9.63. The molecule has 0 aromatic heterocycles. The third kappa shape index (κ3) is 5.64. The fraction of sp³-hybridized carbons (Fsp3) is 0.923. The molecule has 1 nitrogen and oxygen atoms in total. The second-order valence-corrected chi connectivity index (χ2v) is 4.35. The topological polar surface area (TPSA) is 9.23 Å². The van der Waals surface area contributed by atoms with Crippen molar-refractivity contribution in [2.24, 2.45) is 0 Å². The van der Waals surface area contributed by atoms with Gasteiger partial charge in [0.05, 0.1) is 6.10 Å². The summed E-state index contributed by atoms with van der Waals surface area (Å²) in [7, 11) is 0. The minimum atomic E-state index is 0.614.